The fraction of sp³-hybridized carbons (Fsp3) is 0.500. The third-order valence-corrected chi connectivity index (χ3v) is 3.52. The zero-order chi connectivity index (χ0) is 11.0. The Morgan fingerprint density at radius 3 is 2.81 bits per heavy atom. The third kappa shape index (κ3) is 1.45. The van der Waals surface area contributed by atoms with Crippen molar-refractivity contribution in [2.45, 2.75) is 12.3 Å². The van der Waals surface area contributed by atoms with Crippen LogP contribution in [0.5, 0.6) is 0 Å². The van der Waals surface area contributed by atoms with Crippen LogP contribution in [0, 0.1) is 0 Å². The highest BCUT2D eigenvalue weighted by Gasteiger charge is 2.30. The number of likely N-dealkylation sites (tertiary alicyclic amines) is 1. The van der Waals surface area contributed by atoms with Gasteiger partial charge in [0.15, 0.2) is 0 Å². The third-order valence-electron chi connectivity index (χ3n) is 3.52. The van der Waals surface area contributed by atoms with Gasteiger partial charge in [0.05, 0.1) is 0 Å². The van der Waals surface area contributed by atoms with E-state index in [1.807, 2.05) is 12.4 Å². The van der Waals surface area contributed by atoms with Gasteiger partial charge in [-0.15, -0.1) is 0 Å². The zero-order valence-corrected chi connectivity index (χ0v) is 9.17. The summed E-state index contributed by atoms with van der Waals surface area (Å²) in [5, 5.41) is 0. The average molecular weight is 217 g/mol. The molecular weight excluding hydrogens is 202 g/mol. The topological polar surface area (TPSA) is 36.4 Å². The van der Waals surface area contributed by atoms with Gasteiger partial charge in [-0.3, -0.25) is 9.78 Å². The maximum Gasteiger partial charge on any atom is 0.209 e. The fourth-order valence-corrected chi connectivity index (χ4v) is 2.35. The standard InChI is InChI=1S/C12H15N3O/c16-9-14-7-10(8-14)11-6-13-3-2-12(11)15-4-1-5-15/h2-3,6,9-10H,1,4-5,7-8H2. The van der Waals surface area contributed by atoms with Gasteiger partial charge in [0.1, 0.15) is 0 Å². The van der Waals surface area contributed by atoms with Crippen molar-refractivity contribution >= 4 is 12.1 Å². The van der Waals surface area contributed by atoms with Crippen LogP contribution in [0.3, 0.4) is 0 Å². The highest BCUT2D eigenvalue weighted by Crippen LogP contribution is 2.34. The van der Waals surface area contributed by atoms with E-state index in [-0.39, 0.29) is 0 Å². The van der Waals surface area contributed by atoms with Crippen LogP contribution in [-0.2, 0) is 4.79 Å². The molecule has 0 spiro atoms. The van der Waals surface area contributed by atoms with E-state index in [1.54, 1.807) is 4.90 Å². The summed E-state index contributed by atoms with van der Waals surface area (Å²) < 4.78 is 0. The number of carbonyl (C=O) groups is 1. The normalized spacial score (nSPS) is 20.2. The second-order valence-corrected chi connectivity index (χ2v) is 4.53. The van der Waals surface area contributed by atoms with Gasteiger partial charge in [0, 0.05) is 55.7 Å². The molecule has 0 atom stereocenters. The van der Waals surface area contributed by atoms with E-state index in [2.05, 4.69) is 16.0 Å². The number of hydrogen-bond acceptors (Lipinski definition) is 3. The van der Waals surface area contributed by atoms with Crippen molar-refractivity contribution in [3.8, 4) is 0 Å². The summed E-state index contributed by atoms with van der Waals surface area (Å²) in [5.41, 5.74) is 2.62. The molecule has 1 aromatic heterocycles. The first-order chi connectivity index (χ1) is 7.88. The molecule has 1 aromatic rings. The number of aromatic nitrogens is 1. The van der Waals surface area contributed by atoms with Crippen LogP contribution in [0.4, 0.5) is 5.69 Å². The van der Waals surface area contributed by atoms with Crippen molar-refractivity contribution in [1.82, 2.24) is 9.88 Å². The predicted molar refractivity (Wildman–Crippen MR) is 61.4 cm³/mol. The predicted octanol–water partition coefficient (Wildman–Crippen LogP) is 0.847. The number of nitrogens with zero attached hydrogens (tertiary/aromatic N) is 3. The first kappa shape index (κ1) is 9.63. The number of carbonyl (C=O) groups excluding carboxylic acids is 1. The zero-order valence-electron chi connectivity index (χ0n) is 9.17. The minimum absolute atomic E-state index is 0.481. The van der Waals surface area contributed by atoms with Gasteiger partial charge in [-0.2, -0.15) is 0 Å². The lowest BCUT2D eigenvalue weighted by Crippen LogP contribution is -2.45. The van der Waals surface area contributed by atoms with Crippen LogP contribution < -0.4 is 4.90 Å². The van der Waals surface area contributed by atoms with Crippen LogP contribution >= 0.6 is 0 Å². The van der Waals surface area contributed by atoms with Crippen LogP contribution in [-0.4, -0.2) is 42.5 Å². The summed E-state index contributed by atoms with van der Waals surface area (Å²) in [6.45, 7) is 3.99. The molecule has 4 nitrogen and oxygen atoms in total. The van der Waals surface area contributed by atoms with E-state index >= 15 is 0 Å². The minimum Gasteiger partial charge on any atom is -0.371 e. The summed E-state index contributed by atoms with van der Waals surface area (Å²) in [6, 6.07) is 2.10. The molecule has 1 amide bonds. The Hall–Kier alpha value is -1.58. The van der Waals surface area contributed by atoms with Crippen molar-refractivity contribution in [1.29, 1.82) is 0 Å². The highest BCUT2D eigenvalue weighted by atomic mass is 16.1. The molecule has 84 valence electrons. The Labute approximate surface area is 94.9 Å². The van der Waals surface area contributed by atoms with Gasteiger partial charge in [-0.05, 0) is 12.5 Å². The van der Waals surface area contributed by atoms with E-state index in [0.717, 1.165) is 32.6 Å². The largest absolute Gasteiger partial charge is 0.371 e. The van der Waals surface area contributed by atoms with Crippen molar-refractivity contribution in [3.63, 3.8) is 0 Å². The Bertz CT molecular complexity index is 397. The van der Waals surface area contributed by atoms with E-state index in [0.29, 0.717) is 5.92 Å². The monoisotopic (exact) mass is 217 g/mol. The van der Waals surface area contributed by atoms with Gasteiger partial charge in [0.25, 0.3) is 0 Å². The Balaban J connectivity index is 1.81. The summed E-state index contributed by atoms with van der Waals surface area (Å²) in [7, 11) is 0. The van der Waals surface area contributed by atoms with Crippen molar-refractivity contribution in [2.75, 3.05) is 31.1 Å². The van der Waals surface area contributed by atoms with Gasteiger partial charge in [-0.25, -0.2) is 0 Å². The first-order valence-corrected chi connectivity index (χ1v) is 5.76. The molecule has 2 aliphatic heterocycles. The van der Waals surface area contributed by atoms with Crippen molar-refractivity contribution < 1.29 is 4.79 Å². The Morgan fingerprint density at radius 1 is 1.38 bits per heavy atom. The van der Waals surface area contributed by atoms with Crippen LogP contribution in [0.1, 0.15) is 17.9 Å². The molecule has 2 aliphatic rings. The summed E-state index contributed by atoms with van der Waals surface area (Å²) in [4.78, 5) is 18.9. The summed E-state index contributed by atoms with van der Waals surface area (Å²) >= 11 is 0. The maximum atomic E-state index is 10.6. The van der Waals surface area contributed by atoms with Gasteiger partial charge >= 0.3 is 0 Å². The number of amides is 1. The number of hydrogen-bond donors (Lipinski definition) is 0. The Morgan fingerprint density at radius 2 is 2.19 bits per heavy atom. The molecular formula is C12H15N3O. The SMILES string of the molecule is O=CN1CC(c2cnccc2N2CCC2)C1. The molecule has 2 fully saturated rings. The molecule has 3 rings (SSSR count). The summed E-state index contributed by atoms with van der Waals surface area (Å²) in [5.74, 6) is 0.481. The van der Waals surface area contributed by atoms with Gasteiger partial charge in [-0.1, -0.05) is 0 Å². The van der Waals surface area contributed by atoms with Gasteiger partial charge < -0.3 is 9.80 Å². The molecule has 16 heavy (non-hydrogen) atoms. The second-order valence-electron chi connectivity index (χ2n) is 4.53. The first-order valence-electron chi connectivity index (χ1n) is 5.76. The smallest absolute Gasteiger partial charge is 0.209 e. The molecule has 3 heterocycles. The molecule has 0 N–H and O–H groups in total. The number of rotatable bonds is 3. The lowest BCUT2D eigenvalue weighted by Gasteiger charge is -2.41. The highest BCUT2D eigenvalue weighted by molar-refractivity contribution is 5.58. The molecule has 0 unspecified atom stereocenters. The van der Waals surface area contributed by atoms with E-state index in [4.69, 9.17) is 0 Å². The molecule has 0 bridgehead atoms. The molecule has 0 saturated carbocycles. The van der Waals surface area contributed by atoms with E-state index in [9.17, 15) is 4.79 Å². The minimum atomic E-state index is 0.481. The maximum absolute atomic E-state index is 10.6. The number of pyridine rings is 1. The summed E-state index contributed by atoms with van der Waals surface area (Å²) in [6.07, 6.45) is 6.02. The Kier molecular flexibility index (Phi) is 2.27. The van der Waals surface area contributed by atoms with Gasteiger partial charge in [0.2, 0.25) is 6.41 Å². The average Bonchev–Trinajstić information content (AvgIpc) is 2.16. The molecule has 0 radical (unpaired) electrons. The van der Waals surface area contributed by atoms with Crippen molar-refractivity contribution in [2.24, 2.45) is 0 Å². The lowest BCUT2D eigenvalue weighted by atomic mass is 9.91. The molecule has 0 aromatic carbocycles. The molecule has 4 heteroatoms. The second kappa shape index (κ2) is 3.77. The van der Waals surface area contributed by atoms with Crippen LogP contribution in [0.2, 0.25) is 0 Å². The lowest BCUT2D eigenvalue weighted by molar-refractivity contribution is -0.122. The molecule has 0 aliphatic carbocycles. The van der Waals surface area contributed by atoms with E-state index in [1.165, 1.54) is 17.7 Å². The number of anilines is 1. The van der Waals surface area contributed by atoms with Crippen LogP contribution in [0.15, 0.2) is 18.5 Å². The quantitative estimate of drug-likeness (QED) is 0.704. The molecule has 2 saturated heterocycles. The van der Waals surface area contributed by atoms with Crippen LogP contribution in [0.25, 0.3) is 0 Å². The fourth-order valence-electron chi connectivity index (χ4n) is 2.35. The van der Waals surface area contributed by atoms with Crippen molar-refractivity contribution in [3.05, 3.63) is 24.0 Å². The van der Waals surface area contributed by atoms with E-state index < -0.39 is 0 Å².